The van der Waals surface area contributed by atoms with Crippen LogP contribution >= 0.6 is 0 Å². The number of rotatable bonds is 3. The third-order valence-electron chi connectivity index (χ3n) is 4.17. The number of nitrogens with zero attached hydrogens (tertiary/aromatic N) is 5. The maximum Gasteiger partial charge on any atom is 0.433 e. The second-order valence-electron chi connectivity index (χ2n) is 5.91. The van der Waals surface area contributed by atoms with Gasteiger partial charge in [-0.3, -0.25) is 10.1 Å². The molecule has 0 fully saturated rings. The summed E-state index contributed by atoms with van der Waals surface area (Å²) in [6.07, 6.45) is -1.56. The summed E-state index contributed by atoms with van der Waals surface area (Å²) in [6.45, 7) is 1.78. The summed E-state index contributed by atoms with van der Waals surface area (Å²) in [6, 6.07) is 3.18. The van der Waals surface area contributed by atoms with Crippen LogP contribution in [-0.2, 0) is 12.6 Å². The molecule has 0 atom stereocenters. The van der Waals surface area contributed by atoms with Crippen molar-refractivity contribution in [3.63, 3.8) is 0 Å². The summed E-state index contributed by atoms with van der Waals surface area (Å²) < 4.78 is 43.6. The smallest absolute Gasteiger partial charge is 0.396 e. The van der Waals surface area contributed by atoms with E-state index in [0.29, 0.717) is 29.0 Å². The Labute approximate surface area is 149 Å². The Bertz CT molecular complexity index is 1120. The molecular weight excluding hydrogens is 363 g/mol. The van der Waals surface area contributed by atoms with E-state index in [-0.39, 0.29) is 11.3 Å². The molecule has 4 aromatic rings. The van der Waals surface area contributed by atoms with Gasteiger partial charge in [0.2, 0.25) is 5.65 Å². The van der Waals surface area contributed by atoms with Crippen molar-refractivity contribution >= 4 is 16.9 Å². The van der Waals surface area contributed by atoms with E-state index in [1.54, 1.807) is 13.0 Å². The van der Waals surface area contributed by atoms with Crippen LogP contribution in [0.3, 0.4) is 0 Å². The van der Waals surface area contributed by atoms with Crippen molar-refractivity contribution < 1.29 is 17.8 Å². The number of anilines is 1. The normalized spacial score (nSPS) is 12.0. The molecule has 4 aromatic heterocycles. The SMILES string of the molecule is Cc1nc2nonc2c(N)c1Cc1ccc(-c2cn[nH]c2C(F)(F)F)nc1. The van der Waals surface area contributed by atoms with Crippen LogP contribution in [0.25, 0.3) is 22.4 Å². The zero-order chi connectivity index (χ0) is 19.2. The maximum absolute atomic E-state index is 13.0. The minimum atomic E-state index is -4.54. The number of aryl methyl sites for hydroxylation is 1. The number of H-pyrrole nitrogens is 1. The van der Waals surface area contributed by atoms with Crippen LogP contribution in [0.1, 0.15) is 22.5 Å². The fraction of sp³-hybridized carbons (Fsp3) is 0.188. The van der Waals surface area contributed by atoms with Crippen LogP contribution in [0.15, 0.2) is 29.2 Å². The van der Waals surface area contributed by atoms with Crippen molar-refractivity contribution in [2.45, 2.75) is 19.5 Å². The van der Waals surface area contributed by atoms with Crippen molar-refractivity contribution in [2.24, 2.45) is 0 Å². The van der Waals surface area contributed by atoms with Crippen molar-refractivity contribution in [1.29, 1.82) is 0 Å². The molecule has 0 aromatic carbocycles. The number of fused-ring (bicyclic) bond motifs is 1. The van der Waals surface area contributed by atoms with Gasteiger partial charge in [-0.15, -0.1) is 0 Å². The molecular formula is C16H12F3N7O. The van der Waals surface area contributed by atoms with Gasteiger partial charge < -0.3 is 5.73 Å². The average molecular weight is 375 g/mol. The van der Waals surface area contributed by atoms with Gasteiger partial charge in [0, 0.05) is 23.9 Å². The van der Waals surface area contributed by atoms with Gasteiger partial charge in [-0.1, -0.05) is 6.07 Å². The molecule has 11 heteroatoms. The zero-order valence-corrected chi connectivity index (χ0v) is 13.9. The maximum atomic E-state index is 13.0. The fourth-order valence-corrected chi connectivity index (χ4v) is 2.80. The highest BCUT2D eigenvalue weighted by molar-refractivity contribution is 5.85. The first-order valence-corrected chi connectivity index (χ1v) is 7.77. The van der Waals surface area contributed by atoms with Gasteiger partial charge in [0.25, 0.3) is 0 Å². The number of nitrogen functional groups attached to an aromatic ring is 1. The van der Waals surface area contributed by atoms with Crippen LogP contribution in [0.2, 0.25) is 0 Å². The van der Waals surface area contributed by atoms with E-state index in [1.807, 2.05) is 5.10 Å². The summed E-state index contributed by atoms with van der Waals surface area (Å²) in [5.41, 5.74) is 8.48. The predicted molar refractivity (Wildman–Crippen MR) is 88.4 cm³/mol. The number of pyridine rings is 2. The predicted octanol–water partition coefficient (Wildman–Crippen LogP) is 2.90. The Morgan fingerprint density at radius 3 is 2.70 bits per heavy atom. The molecule has 0 radical (unpaired) electrons. The molecule has 0 aliphatic heterocycles. The Balaban J connectivity index is 1.66. The highest BCUT2D eigenvalue weighted by Gasteiger charge is 2.36. The van der Waals surface area contributed by atoms with Gasteiger partial charge in [-0.2, -0.15) is 18.3 Å². The number of hydrogen-bond donors (Lipinski definition) is 2. The lowest BCUT2D eigenvalue weighted by Gasteiger charge is -2.10. The van der Waals surface area contributed by atoms with Crippen LogP contribution in [-0.4, -0.2) is 30.5 Å². The highest BCUT2D eigenvalue weighted by atomic mass is 19.4. The number of nitrogens with one attached hydrogen (secondary N) is 1. The Morgan fingerprint density at radius 2 is 2.00 bits per heavy atom. The third-order valence-corrected chi connectivity index (χ3v) is 4.17. The average Bonchev–Trinajstić information content (AvgIpc) is 3.28. The molecule has 0 bridgehead atoms. The van der Waals surface area contributed by atoms with Crippen LogP contribution in [0.5, 0.6) is 0 Å². The van der Waals surface area contributed by atoms with Crippen molar-refractivity contribution in [2.75, 3.05) is 5.73 Å². The van der Waals surface area contributed by atoms with Gasteiger partial charge >= 0.3 is 6.18 Å². The Kier molecular flexibility index (Phi) is 3.79. The van der Waals surface area contributed by atoms with Crippen LogP contribution < -0.4 is 5.73 Å². The molecule has 0 aliphatic rings. The summed E-state index contributed by atoms with van der Waals surface area (Å²) >= 11 is 0. The van der Waals surface area contributed by atoms with Gasteiger partial charge in [0.05, 0.1) is 23.1 Å². The molecule has 0 aliphatic carbocycles. The van der Waals surface area contributed by atoms with Gasteiger partial charge in [-0.05, 0) is 28.9 Å². The quantitative estimate of drug-likeness (QED) is 0.565. The molecule has 8 nitrogen and oxygen atoms in total. The van der Waals surface area contributed by atoms with Gasteiger partial charge in [0.1, 0.15) is 5.69 Å². The second kappa shape index (κ2) is 6.04. The van der Waals surface area contributed by atoms with Crippen molar-refractivity contribution in [1.82, 2.24) is 30.5 Å². The van der Waals surface area contributed by atoms with E-state index in [4.69, 9.17) is 5.73 Å². The first-order valence-electron chi connectivity index (χ1n) is 7.77. The minimum Gasteiger partial charge on any atom is -0.396 e. The van der Waals surface area contributed by atoms with E-state index in [0.717, 1.165) is 17.3 Å². The lowest BCUT2D eigenvalue weighted by atomic mass is 10.0. The largest absolute Gasteiger partial charge is 0.433 e. The molecule has 0 saturated carbocycles. The monoisotopic (exact) mass is 375 g/mol. The lowest BCUT2D eigenvalue weighted by Crippen LogP contribution is -2.07. The fourth-order valence-electron chi connectivity index (χ4n) is 2.80. The van der Waals surface area contributed by atoms with E-state index in [1.165, 1.54) is 12.3 Å². The molecule has 27 heavy (non-hydrogen) atoms. The number of aromatic nitrogens is 6. The number of alkyl halides is 3. The van der Waals surface area contributed by atoms with E-state index >= 15 is 0 Å². The topological polar surface area (TPSA) is 119 Å². The molecule has 0 amide bonds. The van der Waals surface area contributed by atoms with Gasteiger partial charge in [-0.25, -0.2) is 9.61 Å². The molecule has 0 unspecified atom stereocenters. The highest BCUT2D eigenvalue weighted by Crippen LogP contribution is 2.34. The van der Waals surface area contributed by atoms with E-state index in [2.05, 4.69) is 30.0 Å². The second-order valence-corrected chi connectivity index (χ2v) is 5.91. The number of hydrogen-bond acceptors (Lipinski definition) is 7. The zero-order valence-electron chi connectivity index (χ0n) is 13.9. The summed E-state index contributed by atoms with van der Waals surface area (Å²) in [4.78, 5) is 8.42. The number of halogens is 3. The molecule has 0 saturated heterocycles. The number of aromatic amines is 1. The Morgan fingerprint density at radius 1 is 1.19 bits per heavy atom. The third kappa shape index (κ3) is 2.96. The summed E-state index contributed by atoms with van der Waals surface area (Å²) in [7, 11) is 0. The Hall–Kier alpha value is -3.50. The van der Waals surface area contributed by atoms with Gasteiger partial charge in [0.15, 0.2) is 5.52 Å². The molecule has 4 rings (SSSR count). The number of nitrogens with two attached hydrogens (primary N) is 1. The molecule has 138 valence electrons. The lowest BCUT2D eigenvalue weighted by molar-refractivity contribution is -0.140. The minimum absolute atomic E-state index is 0.110. The van der Waals surface area contributed by atoms with Crippen LogP contribution in [0, 0.1) is 6.92 Å². The summed E-state index contributed by atoms with van der Waals surface area (Å²) in [5, 5.41) is 12.8. The van der Waals surface area contributed by atoms with E-state index < -0.39 is 11.9 Å². The molecule has 0 spiro atoms. The van der Waals surface area contributed by atoms with Crippen LogP contribution in [0.4, 0.5) is 18.9 Å². The molecule has 3 N–H and O–H groups in total. The van der Waals surface area contributed by atoms with Crippen molar-refractivity contribution in [3.05, 3.63) is 47.0 Å². The van der Waals surface area contributed by atoms with E-state index in [9.17, 15) is 13.2 Å². The van der Waals surface area contributed by atoms with Crippen molar-refractivity contribution in [3.8, 4) is 11.3 Å². The summed E-state index contributed by atoms with van der Waals surface area (Å²) in [5.74, 6) is 0. The first-order chi connectivity index (χ1) is 12.8. The molecule has 4 heterocycles. The standard InChI is InChI=1S/C16H12F3N7O/c1-7-9(12(20)13-15(23-7)26-27-25-13)4-8-2-3-11(21-5-8)10-6-22-24-14(10)16(17,18)19/h2-3,5-6H,4,20H2,1H3,(H,22,24). The first kappa shape index (κ1) is 16.9.